The van der Waals surface area contributed by atoms with Crippen LogP contribution in [-0.2, 0) is 6.42 Å². The summed E-state index contributed by atoms with van der Waals surface area (Å²) < 4.78 is 14.8. The molecule has 0 bridgehead atoms. The molecule has 2 rings (SSSR count). The normalized spacial score (nSPS) is 14.9. The van der Waals surface area contributed by atoms with E-state index in [1.807, 2.05) is 12.1 Å². The van der Waals surface area contributed by atoms with E-state index in [0.717, 1.165) is 5.56 Å². The molecule has 2 unspecified atom stereocenters. The molecule has 1 aromatic carbocycles. The van der Waals surface area contributed by atoms with Crippen LogP contribution in [0.25, 0.3) is 0 Å². The molecule has 6 heteroatoms. The summed E-state index contributed by atoms with van der Waals surface area (Å²) in [6.07, 6.45) is 2.58. The molecule has 1 heterocycles. The van der Waals surface area contributed by atoms with Gasteiger partial charge in [0.05, 0.1) is 18.8 Å². The number of hydrogen-bond donors (Lipinski definition) is 1. The van der Waals surface area contributed by atoms with Gasteiger partial charge in [-0.25, -0.2) is 9.67 Å². The number of aromatic nitrogens is 3. The molecule has 4 nitrogen and oxygen atoms in total. The monoisotopic (exact) mass is 311 g/mol. The Kier molecular flexibility index (Phi) is 4.96. The van der Waals surface area contributed by atoms with Crippen molar-refractivity contribution in [3.05, 3.63) is 47.5 Å². The summed E-state index contributed by atoms with van der Waals surface area (Å²) in [6.45, 7) is 2.78. The third kappa shape index (κ3) is 3.80. The maximum Gasteiger partial charge on any atom is 0.137 e. The number of aliphatic hydroxyl groups is 1. The third-order valence-electron chi connectivity index (χ3n) is 3.64. The topological polar surface area (TPSA) is 50.9 Å². The zero-order valence-electron chi connectivity index (χ0n) is 12.1. The van der Waals surface area contributed by atoms with Gasteiger partial charge >= 0.3 is 0 Å². The van der Waals surface area contributed by atoms with Crippen LogP contribution >= 0.6 is 11.6 Å². The fraction of sp³-hybridized carbons (Fsp3) is 0.467. The standard InChI is InChI=1S/C15H19ClFN3O/c1-15(2,8-17)14(21)13(20-10-18-9-19-20)7-11-3-5-12(16)6-4-11/h3-6,9-10,13-14,21H,7-8H2,1-2H3. The number of benzene rings is 1. The van der Waals surface area contributed by atoms with E-state index in [4.69, 9.17) is 11.6 Å². The first-order chi connectivity index (χ1) is 9.94. The van der Waals surface area contributed by atoms with Crippen LogP contribution in [0.4, 0.5) is 4.39 Å². The summed E-state index contributed by atoms with van der Waals surface area (Å²) in [5.74, 6) is 0. The molecule has 1 N–H and O–H groups in total. The summed E-state index contributed by atoms with van der Waals surface area (Å²) in [6, 6.07) is 6.98. The van der Waals surface area contributed by atoms with Gasteiger partial charge < -0.3 is 5.11 Å². The van der Waals surface area contributed by atoms with Crippen molar-refractivity contribution in [3.8, 4) is 0 Å². The maximum absolute atomic E-state index is 13.2. The van der Waals surface area contributed by atoms with E-state index in [0.29, 0.717) is 11.4 Å². The predicted octanol–water partition coefficient (Wildman–Crippen LogP) is 3.07. The van der Waals surface area contributed by atoms with E-state index in [-0.39, 0.29) is 6.04 Å². The maximum atomic E-state index is 13.2. The predicted molar refractivity (Wildman–Crippen MR) is 80.0 cm³/mol. The first-order valence-electron chi connectivity index (χ1n) is 6.76. The Morgan fingerprint density at radius 1 is 1.33 bits per heavy atom. The Morgan fingerprint density at radius 3 is 2.52 bits per heavy atom. The van der Waals surface area contributed by atoms with Gasteiger partial charge in [0.1, 0.15) is 12.7 Å². The molecule has 2 aromatic rings. The second-order valence-corrected chi connectivity index (χ2v) is 6.28. The third-order valence-corrected chi connectivity index (χ3v) is 3.90. The summed E-state index contributed by atoms with van der Waals surface area (Å²) in [4.78, 5) is 3.91. The molecule has 114 valence electrons. The second kappa shape index (κ2) is 6.54. The molecule has 21 heavy (non-hydrogen) atoms. The molecule has 1 aromatic heterocycles. The lowest BCUT2D eigenvalue weighted by Crippen LogP contribution is -2.40. The van der Waals surface area contributed by atoms with Gasteiger partial charge in [-0.3, -0.25) is 4.39 Å². The number of nitrogens with zero attached hydrogens (tertiary/aromatic N) is 3. The number of rotatable bonds is 6. The SMILES string of the molecule is CC(C)(CF)C(O)C(Cc1ccc(Cl)cc1)n1cncn1. The summed E-state index contributed by atoms with van der Waals surface area (Å²) in [5, 5.41) is 15.3. The van der Waals surface area contributed by atoms with Crippen LogP contribution in [0.15, 0.2) is 36.9 Å². The Morgan fingerprint density at radius 2 is 2.00 bits per heavy atom. The Bertz CT molecular complexity index is 557. The van der Waals surface area contributed by atoms with Crippen molar-refractivity contribution < 1.29 is 9.50 Å². The number of aliphatic hydroxyl groups excluding tert-OH is 1. The quantitative estimate of drug-likeness (QED) is 0.892. The van der Waals surface area contributed by atoms with Gasteiger partial charge in [-0.15, -0.1) is 0 Å². The molecule has 0 spiro atoms. The lowest BCUT2D eigenvalue weighted by molar-refractivity contribution is -0.0109. The van der Waals surface area contributed by atoms with E-state index in [2.05, 4.69) is 10.1 Å². The lowest BCUT2D eigenvalue weighted by Gasteiger charge is -2.33. The van der Waals surface area contributed by atoms with Crippen molar-refractivity contribution in [2.45, 2.75) is 32.4 Å². The molecule has 0 aliphatic heterocycles. The summed E-state index contributed by atoms with van der Waals surface area (Å²) >= 11 is 5.88. The van der Waals surface area contributed by atoms with Crippen molar-refractivity contribution >= 4 is 11.6 Å². The van der Waals surface area contributed by atoms with Crippen LogP contribution in [0.3, 0.4) is 0 Å². The molecule has 0 aliphatic carbocycles. The zero-order valence-corrected chi connectivity index (χ0v) is 12.8. The van der Waals surface area contributed by atoms with Crippen LogP contribution in [0.2, 0.25) is 5.02 Å². The van der Waals surface area contributed by atoms with Crippen molar-refractivity contribution in [3.63, 3.8) is 0 Å². The largest absolute Gasteiger partial charge is 0.390 e. The van der Waals surface area contributed by atoms with Gasteiger partial charge in [0.15, 0.2) is 0 Å². The van der Waals surface area contributed by atoms with E-state index >= 15 is 0 Å². The highest BCUT2D eigenvalue weighted by Gasteiger charge is 2.36. The molecular weight excluding hydrogens is 293 g/mol. The van der Waals surface area contributed by atoms with Crippen molar-refractivity contribution in [2.24, 2.45) is 5.41 Å². The second-order valence-electron chi connectivity index (χ2n) is 5.84. The van der Waals surface area contributed by atoms with Gasteiger partial charge in [-0.2, -0.15) is 5.10 Å². The van der Waals surface area contributed by atoms with E-state index in [9.17, 15) is 9.50 Å². The Hall–Kier alpha value is -1.46. The average Bonchev–Trinajstić information content (AvgIpc) is 3.00. The van der Waals surface area contributed by atoms with Crippen LogP contribution < -0.4 is 0 Å². The van der Waals surface area contributed by atoms with E-state index in [1.54, 1.807) is 30.7 Å². The van der Waals surface area contributed by atoms with Gasteiger partial charge in [0.25, 0.3) is 0 Å². The first-order valence-corrected chi connectivity index (χ1v) is 7.14. The van der Waals surface area contributed by atoms with Crippen LogP contribution in [0.5, 0.6) is 0 Å². The van der Waals surface area contributed by atoms with E-state index in [1.165, 1.54) is 12.7 Å². The fourth-order valence-electron chi connectivity index (χ4n) is 2.20. The number of halogens is 2. The van der Waals surface area contributed by atoms with Crippen molar-refractivity contribution in [1.29, 1.82) is 0 Å². The first kappa shape index (κ1) is 15.9. The lowest BCUT2D eigenvalue weighted by atomic mass is 9.82. The summed E-state index contributed by atoms with van der Waals surface area (Å²) in [5.41, 5.74) is 0.136. The van der Waals surface area contributed by atoms with Crippen LogP contribution in [0, 0.1) is 5.41 Å². The fourth-order valence-corrected chi connectivity index (χ4v) is 2.33. The summed E-state index contributed by atoms with van der Waals surface area (Å²) in [7, 11) is 0. The molecule has 0 amide bonds. The highest BCUT2D eigenvalue weighted by molar-refractivity contribution is 6.30. The minimum atomic E-state index is -0.889. The van der Waals surface area contributed by atoms with Gasteiger partial charge in [0.2, 0.25) is 0 Å². The molecular formula is C15H19ClFN3O. The molecule has 0 aliphatic rings. The molecule has 0 radical (unpaired) electrons. The highest BCUT2D eigenvalue weighted by Crippen LogP contribution is 2.31. The van der Waals surface area contributed by atoms with Gasteiger partial charge in [-0.05, 0) is 24.1 Å². The minimum Gasteiger partial charge on any atom is -0.390 e. The molecule has 2 atom stereocenters. The van der Waals surface area contributed by atoms with E-state index < -0.39 is 18.2 Å². The average molecular weight is 312 g/mol. The smallest absolute Gasteiger partial charge is 0.137 e. The Labute approximate surface area is 128 Å². The molecule has 0 fully saturated rings. The Balaban J connectivity index is 2.27. The minimum absolute atomic E-state index is 0.389. The van der Waals surface area contributed by atoms with Crippen molar-refractivity contribution in [1.82, 2.24) is 14.8 Å². The molecule has 0 saturated carbocycles. The van der Waals surface area contributed by atoms with Gasteiger partial charge in [0, 0.05) is 10.4 Å². The highest BCUT2D eigenvalue weighted by atomic mass is 35.5. The van der Waals surface area contributed by atoms with Crippen LogP contribution in [-0.4, -0.2) is 32.6 Å². The van der Waals surface area contributed by atoms with Crippen molar-refractivity contribution in [2.75, 3.05) is 6.67 Å². The molecule has 0 saturated heterocycles. The number of alkyl halides is 1. The van der Waals surface area contributed by atoms with Gasteiger partial charge in [-0.1, -0.05) is 37.6 Å². The number of hydrogen-bond acceptors (Lipinski definition) is 3. The van der Waals surface area contributed by atoms with Crippen LogP contribution in [0.1, 0.15) is 25.5 Å². The zero-order chi connectivity index (χ0) is 15.5.